The summed E-state index contributed by atoms with van der Waals surface area (Å²) in [4.78, 5) is 3.58. The van der Waals surface area contributed by atoms with Crippen molar-refractivity contribution in [3.63, 3.8) is 0 Å². The van der Waals surface area contributed by atoms with Gasteiger partial charge in [0.05, 0.1) is 17.2 Å². The molecule has 4 rings (SSSR count). The Morgan fingerprint density at radius 2 is 1.92 bits per heavy atom. The van der Waals surface area contributed by atoms with E-state index in [1.807, 2.05) is 29.6 Å². The second-order valence-corrected chi connectivity index (χ2v) is 9.72. The van der Waals surface area contributed by atoms with E-state index in [9.17, 15) is 8.42 Å². The lowest BCUT2D eigenvalue weighted by Gasteiger charge is -2.27. The van der Waals surface area contributed by atoms with Gasteiger partial charge in [-0.2, -0.15) is 0 Å². The smallest absolute Gasteiger partial charge is 0.265 e. The van der Waals surface area contributed by atoms with Crippen LogP contribution in [0.2, 0.25) is 0 Å². The minimum absolute atomic E-state index is 0.342. The predicted octanol–water partition coefficient (Wildman–Crippen LogP) is 3.48. The number of hydrogen-bond donors (Lipinski definition) is 0. The number of benzene rings is 1. The van der Waals surface area contributed by atoms with Gasteiger partial charge >= 0.3 is 0 Å². The minimum Gasteiger partial charge on any atom is -0.366 e. The number of ether oxygens (including phenoxy) is 1. The maximum absolute atomic E-state index is 13.0. The molecule has 7 heteroatoms. The number of rotatable bonds is 4. The first-order chi connectivity index (χ1) is 12.6. The average Bonchev–Trinajstić information content (AvgIpc) is 3.14. The van der Waals surface area contributed by atoms with Gasteiger partial charge in [0.2, 0.25) is 0 Å². The molecule has 0 bridgehead atoms. The van der Waals surface area contributed by atoms with Crippen molar-refractivity contribution in [1.29, 1.82) is 0 Å². The van der Waals surface area contributed by atoms with Crippen molar-refractivity contribution >= 4 is 27.0 Å². The Morgan fingerprint density at radius 3 is 2.73 bits per heavy atom. The van der Waals surface area contributed by atoms with E-state index in [-0.39, 0.29) is 6.10 Å². The van der Waals surface area contributed by atoms with Crippen molar-refractivity contribution in [1.82, 2.24) is 4.90 Å². The van der Waals surface area contributed by atoms with Crippen molar-refractivity contribution < 1.29 is 13.2 Å². The maximum Gasteiger partial charge on any atom is 0.265 e. The quantitative estimate of drug-likeness (QED) is 0.799. The molecule has 0 N–H and O–H groups in total. The van der Waals surface area contributed by atoms with E-state index in [1.165, 1.54) is 34.9 Å². The standard InChI is InChI=1S/C19H24N2O3S2/c1-20-16-8-4-3-7-15(16)18(19-17(9-14-25-19)26(20,22)23)24-13-12-21-10-5-2-6-11-21/h3-4,7-9,14,18H,2,5-6,10-13H2,1H3. The number of anilines is 1. The van der Waals surface area contributed by atoms with Crippen LogP contribution in [0.1, 0.15) is 35.8 Å². The van der Waals surface area contributed by atoms with Crippen LogP contribution >= 0.6 is 11.3 Å². The number of para-hydroxylation sites is 1. The average molecular weight is 393 g/mol. The Morgan fingerprint density at radius 1 is 1.15 bits per heavy atom. The molecular weight excluding hydrogens is 368 g/mol. The van der Waals surface area contributed by atoms with Gasteiger partial charge < -0.3 is 9.64 Å². The second-order valence-electron chi connectivity index (χ2n) is 6.83. The first-order valence-electron chi connectivity index (χ1n) is 9.08. The zero-order chi connectivity index (χ0) is 18.1. The molecule has 140 valence electrons. The third-order valence-corrected chi connectivity index (χ3v) is 8.15. The molecule has 5 nitrogen and oxygen atoms in total. The molecule has 0 spiro atoms. The molecule has 2 aliphatic rings. The van der Waals surface area contributed by atoms with Crippen molar-refractivity contribution in [2.75, 3.05) is 37.6 Å². The van der Waals surface area contributed by atoms with Gasteiger partial charge in [-0.3, -0.25) is 4.31 Å². The van der Waals surface area contributed by atoms with Crippen LogP contribution in [0.25, 0.3) is 0 Å². The van der Waals surface area contributed by atoms with Gasteiger partial charge in [-0.25, -0.2) is 8.42 Å². The van der Waals surface area contributed by atoms with Gasteiger partial charge in [-0.15, -0.1) is 11.3 Å². The van der Waals surface area contributed by atoms with Crippen LogP contribution in [-0.2, 0) is 14.8 Å². The summed E-state index contributed by atoms with van der Waals surface area (Å²) in [6.07, 6.45) is 3.48. The van der Waals surface area contributed by atoms with E-state index >= 15 is 0 Å². The molecule has 1 aromatic carbocycles. The zero-order valence-electron chi connectivity index (χ0n) is 14.9. The first-order valence-corrected chi connectivity index (χ1v) is 11.4. The van der Waals surface area contributed by atoms with E-state index in [1.54, 1.807) is 13.1 Å². The topological polar surface area (TPSA) is 49.9 Å². The molecule has 3 heterocycles. The van der Waals surface area contributed by atoms with Gasteiger partial charge in [0, 0.05) is 19.2 Å². The van der Waals surface area contributed by atoms with E-state index in [4.69, 9.17) is 4.74 Å². The lowest BCUT2D eigenvalue weighted by molar-refractivity contribution is 0.0568. The third kappa shape index (κ3) is 3.17. The number of thiophene rings is 1. The highest BCUT2D eigenvalue weighted by atomic mass is 32.2. The van der Waals surface area contributed by atoms with E-state index in [0.717, 1.165) is 30.1 Å². The largest absolute Gasteiger partial charge is 0.366 e. The molecule has 0 saturated carbocycles. The molecule has 2 aliphatic heterocycles. The number of fused-ring (bicyclic) bond motifs is 2. The van der Waals surface area contributed by atoms with Crippen LogP contribution < -0.4 is 4.31 Å². The molecule has 26 heavy (non-hydrogen) atoms. The van der Waals surface area contributed by atoms with Crippen LogP contribution in [0.15, 0.2) is 40.6 Å². The molecule has 1 fully saturated rings. The number of piperidine rings is 1. The lowest BCUT2D eigenvalue weighted by atomic mass is 10.1. The van der Waals surface area contributed by atoms with Crippen LogP contribution in [-0.4, -0.2) is 46.6 Å². The van der Waals surface area contributed by atoms with Crippen LogP contribution in [0.5, 0.6) is 0 Å². The fraction of sp³-hybridized carbons (Fsp3) is 0.474. The summed E-state index contributed by atoms with van der Waals surface area (Å²) in [6, 6.07) is 9.33. The van der Waals surface area contributed by atoms with E-state index < -0.39 is 10.0 Å². The van der Waals surface area contributed by atoms with E-state index in [2.05, 4.69) is 4.90 Å². The van der Waals surface area contributed by atoms with Crippen molar-refractivity contribution in [3.05, 3.63) is 46.2 Å². The molecule has 1 saturated heterocycles. The predicted molar refractivity (Wildman–Crippen MR) is 104 cm³/mol. The molecule has 0 amide bonds. The Bertz CT molecular complexity index is 872. The lowest BCUT2D eigenvalue weighted by Crippen LogP contribution is -2.33. The van der Waals surface area contributed by atoms with Gasteiger partial charge in [-0.05, 0) is 43.4 Å². The highest BCUT2D eigenvalue weighted by molar-refractivity contribution is 7.93. The molecular formula is C19H24N2O3S2. The van der Waals surface area contributed by atoms with Crippen LogP contribution in [0.3, 0.4) is 0 Å². The Kier molecular flexibility index (Phi) is 5.05. The summed E-state index contributed by atoms with van der Waals surface area (Å²) in [6.45, 7) is 3.75. The Labute approximate surface area is 159 Å². The summed E-state index contributed by atoms with van der Waals surface area (Å²) in [5, 5.41) is 1.84. The number of sulfonamides is 1. The maximum atomic E-state index is 13.0. The minimum atomic E-state index is -3.55. The first kappa shape index (κ1) is 18.0. The summed E-state index contributed by atoms with van der Waals surface area (Å²) in [5.74, 6) is 0. The summed E-state index contributed by atoms with van der Waals surface area (Å²) >= 11 is 1.46. The van der Waals surface area contributed by atoms with Crippen molar-refractivity contribution in [3.8, 4) is 0 Å². The molecule has 1 atom stereocenters. The third-order valence-electron chi connectivity index (χ3n) is 5.23. The van der Waals surface area contributed by atoms with Crippen molar-refractivity contribution in [2.45, 2.75) is 30.3 Å². The van der Waals surface area contributed by atoms with Crippen LogP contribution in [0, 0.1) is 0 Å². The summed E-state index contributed by atoms with van der Waals surface area (Å²) in [7, 11) is -1.94. The Hall–Kier alpha value is -1.41. The number of nitrogens with zero attached hydrogens (tertiary/aromatic N) is 2. The number of likely N-dealkylation sites (tertiary alicyclic amines) is 1. The molecule has 1 unspecified atom stereocenters. The molecule has 0 aliphatic carbocycles. The zero-order valence-corrected chi connectivity index (χ0v) is 16.6. The van der Waals surface area contributed by atoms with Gasteiger partial charge in [0.1, 0.15) is 11.0 Å². The normalized spacial score (nSPS) is 22.5. The molecule has 2 aromatic rings. The summed E-state index contributed by atoms with van der Waals surface area (Å²) in [5.41, 5.74) is 1.61. The number of hydrogen-bond acceptors (Lipinski definition) is 5. The van der Waals surface area contributed by atoms with Gasteiger partial charge in [0.15, 0.2) is 0 Å². The molecule has 0 radical (unpaired) electrons. The van der Waals surface area contributed by atoms with Crippen LogP contribution in [0.4, 0.5) is 5.69 Å². The SMILES string of the molecule is CN1c2ccccc2C(OCCN2CCCCC2)c2sccc2S1(=O)=O. The Balaban J connectivity index is 1.64. The van der Waals surface area contributed by atoms with Gasteiger partial charge in [0.25, 0.3) is 10.0 Å². The monoisotopic (exact) mass is 392 g/mol. The molecule has 1 aromatic heterocycles. The van der Waals surface area contributed by atoms with Gasteiger partial charge in [-0.1, -0.05) is 24.6 Å². The van der Waals surface area contributed by atoms with Crippen molar-refractivity contribution in [2.24, 2.45) is 0 Å². The van der Waals surface area contributed by atoms with E-state index in [0.29, 0.717) is 17.2 Å². The fourth-order valence-electron chi connectivity index (χ4n) is 3.78. The summed E-state index contributed by atoms with van der Waals surface area (Å²) < 4.78 is 33.6. The highest BCUT2D eigenvalue weighted by Gasteiger charge is 2.36. The fourth-order valence-corrected chi connectivity index (χ4v) is 6.50. The second kappa shape index (κ2) is 7.31. The highest BCUT2D eigenvalue weighted by Crippen LogP contribution is 2.44.